The predicted octanol–water partition coefficient (Wildman–Crippen LogP) is 2.95. The maximum absolute atomic E-state index is 11.8. The van der Waals surface area contributed by atoms with Crippen LogP contribution >= 0.6 is 11.3 Å². The molecule has 106 valence electrons. The Morgan fingerprint density at radius 2 is 2.10 bits per heavy atom. The molecule has 0 aliphatic rings. The van der Waals surface area contributed by atoms with Crippen molar-refractivity contribution in [2.24, 2.45) is 0 Å². The van der Waals surface area contributed by atoms with Crippen molar-refractivity contribution in [3.05, 3.63) is 45.6 Å². The molecule has 1 amide bonds. The van der Waals surface area contributed by atoms with Gasteiger partial charge in [0.2, 0.25) is 0 Å². The van der Waals surface area contributed by atoms with Crippen LogP contribution in [0.25, 0.3) is 0 Å². The highest BCUT2D eigenvalue weighted by molar-refractivity contribution is 7.08. The largest absolute Gasteiger partial charge is 0.397 e. The van der Waals surface area contributed by atoms with Crippen molar-refractivity contribution in [2.75, 3.05) is 25.1 Å². The maximum Gasteiger partial charge on any atom is 0.253 e. The van der Waals surface area contributed by atoms with E-state index in [4.69, 9.17) is 5.73 Å². The van der Waals surface area contributed by atoms with Gasteiger partial charge in [0.15, 0.2) is 0 Å². The van der Waals surface area contributed by atoms with Crippen LogP contribution in [0, 0.1) is 6.92 Å². The van der Waals surface area contributed by atoms with Gasteiger partial charge in [-0.3, -0.25) is 4.79 Å². The third-order valence-electron chi connectivity index (χ3n) is 3.14. The third kappa shape index (κ3) is 3.11. The van der Waals surface area contributed by atoms with Crippen LogP contribution in [-0.2, 0) is 6.54 Å². The number of nitrogens with one attached hydrogen (secondary N) is 1. The Balaban J connectivity index is 2.10. The number of rotatable bonds is 4. The average Bonchev–Trinajstić information content (AvgIpc) is 2.82. The van der Waals surface area contributed by atoms with E-state index >= 15 is 0 Å². The fourth-order valence-electron chi connectivity index (χ4n) is 1.87. The summed E-state index contributed by atoms with van der Waals surface area (Å²) >= 11 is 1.69. The van der Waals surface area contributed by atoms with Crippen LogP contribution in [-0.4, -0.2) is 24.9 Å². The summed E-state index contributed by atoms with van der Waals surface area (Å²) in [6, 6.07) is 5.36. The maximum atomic E-state index is 11.8. The highest BCUT2D eigenvalue weighted by Crippen LogP contribution is 2.22. The number of amides is 1. The molecule has 1 heterocycles. The molecule has 2 rings (SSSR count). The molecular weight excluding hydrogens is 270 g/mol. The van der Waals surface area contributed by atoms with Crippen LogP contribution in [0.1, 0.15) is 21.5 Å². The molecule has 0 radical (unpaired) electrons. The molecule has 4 nitrogen and oxygen atoms in total. The van der Waals surface area contributed by atoms with Gasteiger partial charge in [-0.25, -0.2) is 0 Å². The van der Waals surface area contributed by atoms with Gasteiger partial charge in [0, 0.05) is 26.2 Å². The highest BCUT2D eigenvalue weighted by Gasteiger charge is 2.10. The van der Waals surface area contributed by atoms with Gasteiger partial charge in [0.25, 0.3) is 5.91 Å². The SMILES string of the molecule is Cc1cscc1CNc1ccc(C(=O)N(C)C)cc1N. The number of benzene rings is 1. The number of nitrogens with two attached hydrogens (primary N) is 1. The number of hydrogen-bond acceptors (Lipinski definition) is 4. The molecule has 0 saturated carbocycles. The molecule has 0 unspecified atom stereocenters. The Morgan fingerprint density at radius 1 is 1.35 bits per heavy atom. The first kappa shape index (κ1) is 14.4. The molecule has 0 fully saturated rings. The smallest absolute Gasteiger partial charge is 0.253 e. The van der Waals surface area contributed by atoms with E-state index < -0.39 is 0 Å². The van der Waals surface area contributed by atoms with Crippen LogP contribution in [0.2, 0.25) is 0 Å². The van der Waals surface area contributed by atoms with Crippen molar-refractivity contribution in [1.82, 2.24) is 4.90 Å². The van der Waals surface area contributed by atoms with Crippen molar-refractivity contribution >= 4 is 28.6 Å². The van der Waals surface area contributed by atoms with E-state index in [1.807, 2.05) is 6.07 Å². The van der Waals surface area contributed by atoms with Crippen LogP contribution in [0.4, 0.5) is 11.4 Å². The van der Waals surface area contributed by atoms with Crippen LogP contribution in [0.5, 0.6) is 0 Å². The summed E-state index contributed by atoms with van der Waals surface area (Å²) in [5.74, 6) is -0.0445. The van der Waals surface area contributed by atoms with E-state index in [0.717, 1.165) is 12.2 Å². The molecule has 0 aliphatic heterocycles. The zero-order valence-electron chi connectivity index (χ0n) is 11.9. The lowest BCUT2D eigenvalue weighted by atomic mass is 10.1. The summed E-state index contributed by atoms with van der Waals surface area (Å²) in [6.07, 6.45) is 0. The first-order chi connectivity index (χ1) is 9.49. The fourth-order valence-corrected chi connectivity index (χ4v) is 2.73. The lowest BCUT2D eigenvalue weighted by Crippen LogP contribution is -2.21. The summed E-state index contributed by atoms with van der Waals surface area (Å²) in [5.41, 5.74) is 10.6. The fraction of sp³-hybridized carbons (Fsp3) is 0.267. The average molecular weight is 289 g/mol. The number of carbonyl (C=O) groups excluding carboxylic acids is 1. The molecule has 3 N–H and O–H groups in total. The monoisotopic (exact) mass is 289 g/mol. The predicted molar refractivity (Wildman–Crippen MR) is 85.3 cm³/mol. The van der Waals surface area contributed by atoms with E-state index in [1.165, 1.54) is 16.0 Å². The molecule has 0 saturated heterocycles. The van der Waals surface area contributed by atoms with Gasteiger partial charge < -0.3 is 16.0 Å². The Kier molecular flexibility index (Phi) is 4.29. The second kappa shape index (κ2) is 5.96. The minimum Gasteiger partial charge on any atom is -0.397 e. The number of carbonyl (C=O) groups is 1. The molecule has 0 bridgehead atoms. The van der Waals surface area contributed by atoms with Crippen molar-refractivity contribution in [3.63, 3.8) is 0 Å². The summed E-state index contributed by atoms with van der Waals surface area (Å²) in [6.45, 7) is 2.83. The molecule has 20 heavy (non-hydrogen) atoms. The van der Waals surface area contributed by atoms with E-state index in [9.17, 15) is 4.79 Å². The summed E-state index contributed by atoms with van der Waals surface area (Å²) in [7, 11) is 3.45. The van der Waals surface area contributed by atoms with Gasteiger partial charge in [-0.1, -0.05) is 0 Å². The summed E-state index contributed by atoms with van der Waals surface area (Å²) in [4.78, 5) is 13.4. The summed E-state index contributed by atoms with van der Waals surface area (Å²) in [5, 5.41) is 7.56. The highest BCUT2D eigenvalue weighted by atomic mass is 32.1. The Hall–Kier alpha value is -2.01. The first-order valence-corrected chi connectivity index (χ1v) is 7.30. The Labute approximate surface area is 123 Å². The number of thiophene rings is 1. The van der Waals surface area contributed by atoms with Gasteiger partial charge in [-0.2, -0.15) is 11.3 Å². The molecular formula is C15H19N3OS. The second-order valence-electron chi connectivity index (χ2n) is 4.94. The van der Waals surface area contributed by atoms with Crippen molar-refractivity contribution in [1.29, 1.82) is 0 Å². The summed E-state index contributed by atoms with van der Waals surface area (Å²) < 4.78 is 0. The van der Waals surface area contributed by atoms with Crippen molar-refractivity contribution < 1.29 is 4.79 Å². The zero-order valence-corrected chi connectivity index (χ0v) is 12.8. The molecule has 0 atom stereocenters. The zero-order chi connectivity index (χ0) is 14.7. The van der Waals surface area contributed by atoms with Crippen LogP contribution < -0.4 is 11.1 Å². The standard InChI is InChI=1S/C15H19N3OS/c1-10-8-20-9-12(10)7-17-14-5-4-11(6-13(14)16)15(19)18(2)3/h4-6,8-9,17H,7,16H2,1-3H3. The topological polar surface area (TPSA) is 58.4 Å². The van der Waals surface area contributed by atoms with E-state index in [0.29, 0.717) is 11.3 Å². The van der Waals surface area contributed by atoms with Crippen LogP contribution in [0.3, 0.4) is 0 Å². The lowest BCUT2D eigenvalue weighted by Gasteiger charge is -2.13. The Bertz CT molecular complexity index is 619. The number of hydrogen-bond donors (Lipinski definition) is 2. The minimum absolute atomic E-state index is 0.0445. The van der Waals surface area contributed by atoms with Gasteiger partial charge in [0.05, 0.1) is 11.4 Å². The normalized spacial score (nSPS) is 10.3. The third-order valence-corrected chi connectivity index (χ3v) is 4.05. The molecule has 5 heteroatoms. The molecule has 0 spiro atoms. The first-order valence-electron chi connectivity index (χ1n) is 6.35. The minimum atomic E-state index is -0.0445. The number of nitrogens with zero attached hydrogens (tertiary/aromatic N) is 1. The number of nitrogen functional groups attached to an aromatic ring is 1. The van der Waals surface area contributed by atoms with E-state index in [2.05, 4.69) is 23.0 Å². The molecule has 0 aliphatic carbocycles. The quantitative estimate of drug-likeness (QED) is 0.851. The number of anilines is 2. The number of aryl methyl sites for hydroxylation is 1. The Morgan fingerprint density at radius 3 is 2.65 bits per heavy atom. The van der Waals surface area contributed by atoms with Gasteiger partial charge >= 0.3 is 0 Å². The lowest BCUT2D eigenvalue weighted by molar-refractivity contribution is 0.0827. The molecule has 1 aromatic carbocycles. The van der Waals surface area contributed by atoms with Gasteiger partial charge in [0.1, 0.15) is 0 Å². The van der Waals surface area contributed by atoms with E-state index in [-0.39, 0.29) is 5.91 Å². The second-order valence-corrected chi connectivity index (χ2v) is 5.68. The van der Waals surface area contributed by atoms with Crippen molar-refractivity contribution in [2.45, 2.75) is 13.5 Å². The molecule has 1 aromatic heterocycles. The van der Waals surface area contributed by atoms with Crippen molar-refractivity contribution in [3.8, 4) is 0 Å². The van der Waals surface area contributed by atoms with Gasteiger partial charge in [-0.05, 0) is 47.0 Å². The van der Waals surface area contributed by atoms with E-state index in [1.54, 1.807) is 37.6 Å². The van der Waals surface area contributed by atoms with Gasteiger partial charge in [-0.15, -0.1) is 0 Å². The molecule has 2 aromatic rings. The van der Waals surface area contributed by atoms with Crippen LogP contribution in [0.15, 0.2) is 29.0 Å².